The first-order valence-electron chi connectivity index (χ1n) is 9.32. The maximum Gasteiger partial charge on any atom is 0.134 e. The minimum Gasteiger partial charge on any atom is -0.379 e. The van der Waals surface area contributed by atoms with E-state index in [0.717, 1.165) is 16.3 Å². The number of benzene rings is 2. The lowest BCUT2D eigenvalue weighted by Crippen LogP contribution is -2.26. The first-order chi connectivity index (χ1) is 13.6. The number of aliphatic hydroxyl groups is 1. The Morgan fingerprint density at radius 3 is 2.86 bits per heavy atom. The average molecular weight is 371 g/mol. The Bertz CT molecular complexity index is 1180. The van der Waals surface area contributed by atoms with E-state index in [1.807, 2.05) is 53.1 Å². The Hall–Kier alpha value is -3.23. The molecule has 0 bridgehead atoms. The van der Waals surface area contributed by atoms with E-state index in [0.29, 0.717) is 24.1 Å². The summed E-state index contributed by atoms with van der Waals surface area (Å²) in [6.45, 7) is 0. The van der Waals surface area contributed by atoms with Crippen molar-refractivity contribution in [2.24, 2.45) is 5.92 Å². The molecule has 3 aromatic rings. The molecule has 2 aliphatic rings. The van der Waals surface area contributed by atoms with Gasteiger partial charge < -0.3 is 9.67 Å². The van der Waals surface area contributed by atoms with Crippen LogP contribution in [0.25, 0.3) is 10.8 Å². The minimum atomic E-state index is -1.25. The van der Waals surface area contributed by atoms with Crippen LogP contribution in [0.4, 0.5) is 4.39 Å². The van der Waals surface area contributed by atoms with E-state index in [1.165, 1.54) is 6.08 Å². The van der Waals surface area contributed by atoms with E-state index in [9.17, 15) is 9.50 Å². The summed E-state index contributed by atoms with van der Waals surface area (Å²) in [6.07, 6.45) is 7.20. The zero-order valence-electron chi connectivity index (χ0n) is 15.1. The van der Waals surface area contributed by atoms with E-state index in [-0.39, 0.29) is 11.9 Å². The largest absolute Gasteiger partial charge is 0.379 e. The number of fused-ring (bicyclic) bond motifs is 2. The van der Waals surface area contributed by atoms with Gasteiger partial charge in [-0.1, -0.05) is 48.5 Å². The monoisotopic (exact) mass is 371 g/mol. The second kappa shape index (κ2) is 6.15. The van der Waals surface area contributed by atoms with Gasteiger partial charge in [0.2, 0.25) is 0 Å². The molecular weight excluding hydrogens is 353 g/mol. The molecule has 0 spiro atoms. The predicted molar refractivity (Wildman–Crippen MR) is 104 cm³/mol. The van der Waals surface area contributed by atoms with Gasteiger partial charge in [-0.05, 0) is 28.8 Å². The van der Waals surface area contributed by atoms with Crippen LogP contribution in [0.3, 0.4) is 0 Å². The summed E-state index contributed by atoms with van der Waals surface area (Å²) in [5.41, 5.74) is 0.587. The lowest BCUT2D eigenvalue weighted by atomic mass is 9.81. The molecule has 0 saturated heterocycles. The number of imidazole rings is 1. The van der Waals surface area contributed by atoms with Gasteiger partial charge in [-0.3, -0.25) is 0 Å². The third kappa shape index (κ3) is 2.35. The molecule has 1 aromatic heterocycles. The lowest BCUT2D eigenvalue weighted by Gasteiger charge is -2.27. The number of aromatic nitrogens is 2. The van der Waals surface area contributed by atoms with Crippen molar-refractivity contribution in [3.05, 3.63) is 89.8 Å². The van der Waals surface area contributed by atoms with Crippen LogP contribution in [0, 0.1) is 17.2 Å². The third-order valence-electron chi connectivity index (χ3n) is 6.02. The van der Waals surface area contributed by atoms with E-state index < -0.39 is 11.5 Å². The van der Waals surface area contributed by atoms with Gasteiger partial charge in [-0.15, -0.1) is 0 Å². The van der Waals surface area contributed by atoms with Crippen molar-refractivity contribution in [1.82, 2.24) is 9.55 Å². The molecule has 0 fully saturated rings. The van der Waals surface area contributed by atoms with Crippen LogP contribution in [-0.4, -0.2) is 14.7 Å². The molecule has 3 unspecified atom stereocenters. The van der Waals surface area contributed by atoms with Gasteiger partial charge in [-0.2, -0.15) is 5.26 Å². The second-order valence-electron chi connectivity index (χ2n) is 7.49. The fourth-order valence-corrected chi connectivity index (χ4v) is 4.66. The maximum absolute atomic E-state index is 14.8. The molecule has 2 heterocycles. The second-order valence-corrected chi connectivity index (χ2v) is 7.49. The Balaban J connectivity index is 1.61. The van der Waals surface area contributed by atoms with E-state index >= 15 is 0 Å². The number of allylic oxidation sites excluding steroid dienone is 4. The number of hydrogen-bond acceptors (Lipinski definition) is 3. The van der Waals surface area contributed by atoms with Crippen molar-refractivity contribution >= 4 is 10.8 Å². The average Bonchev–Trinajstić information content (AvgIpc) is 3.31. The predicted octanol–water partition coefficient (Wildman–Crippen LogP) is 4.54. The molecule has 1 aliphatic heterocycles. The highest BCUT2D eigenvalue weighted by Gasteiger charge is 2.48. The number of halogens is 1. The first-order valence-corrected chi connectivity index (χ1v) is 9.32. The molecule has 1 aliphatic carbocycles. The van der Waals surface area contributed by atoms with E-state index in [1.54, 1.807) is 18.6 Å². The minimum absolute atomic E-state index is 0.269. The topological polar surface area (TPSA) is 61.8 Å². The highest BCUT2D eigenvalue weighted by molar-refractivity contribution is 5.87. The quantitative estimate of drug-likeness (QED) is 0.719. The Morgan fingerprint density at radius 1 is 1.21 bits per heavy atom. The summed E-state index contributed by atoms with van der Waals surface area (Å²) < 4.78 is 16.7. The van der Waals surface area contributed by atoms with Crippen LogP contribution in [0.2, 0.25) is 0 Å². The van der Waals surface area contributed by atoms with Crippen LogP contribution in [0.5, 0.6) is 0 Å². The lowest BCUT2D eigenvalue weighted by molar-refractivity contribution is 0.0733. The first kappa shape index (κ1) is 16.9. The van der Waals surface area contributed by atoms with E-state index in [2.05, 4.69) is 4.98 Å². The summed E-state index contributed by atoms with van der Waals surface area (Å²) in [6, 6.07) is 15.6. The van der Waals surface area contributed by atoms with Gasteiger partial charge in [0.05, 0.1) is 29.9 Å². The van der Waals surface area contributed by atoms with Crippen molar-refractivity contribution in [2.75, 3.05) is 0 Å². The zero-order chi connectivity index (χ0) is 19.3. The molecule has 5 rings (SSSR count). The van der Waals surface area contributed by atoms with Crippen molar-refractivity contribution < 1.29 is 9.50 Å². The van der Waals surface area contributed by atoms with Crippen molar-refractivity contribution in [2.45, 2.75) is 24.5 Å². The fourth-order valence-electron chi connectivity index (χ4n) is 4.66. The van der Waals surface area contributed by atoms with E-state index in [4.69, 9.17) is 5.26 Å². The van der Waals surface area contributed by atoms with Crippen LogP contribution in [0.1, 0.15) is 30.1 Å². The number of nitriles is 1. The summed E-state index contributed by atoms with van der Waals surface area (Å²) in [7, 11) is 0. The fraction of sp³-hybridized carbons (Fsp3) is 0.217. The van der Waals surface area contributed by atoms with Crippen LogP contribution in [-0.2, 0) is 5.60 Å². The molecular formula is C23H18FN3O. The maximum atomic E-state index is 14.8. The standard InChI is InChI=1S/C23H18FN3O/c24-20-10-15(12-25)8-9-18(20)21-11-23(28,22-13-26-14-27(21)22)19-7-3-5-16-4-1-2-6-17(16)19/h1-8,10,13-14,18,21,28H,9,11H2. The third-order valence-corrected chi connectivity index (χ3v) is 6.02. The number of rotatable bonds is 2. The van der Waals surface area contributed by atoms with Crippen LogP contribution in [0.15, 0.2) is 78.5 Å². The van der Waals surface area contributed by atoms with Crippen molar-refractivity contribution in [3.63, 3.8) is 0 Å². The Labute approximate surface area is 161 Å². The molecule has 5 heteroatoms. The van der Waals surface area contributed by atoms with Gasteiger partial charge in [0.25, 0.3) is 0 Å². The summed E-state index contributed by atoms with van der Waals surface area (Å²) in [4.78, 5) is 4.24. The van der Waals surface area contributed by atoms with Gasteiger partial charge >= 0.3 is 0 Å². The van der Waals surface area contributed by atoms with Gasteiger partial charge in [0.1, 0.15) is 11.4 Å². The molecule has 1 N–H and O–H groups in total. The zero-order valence-corrected chi connectivity index (χ0v) is 15.1. The number of nitrogens with zero attached hydrogens (tertiary/aromatic N) is 3. The molecule has 28 heavy (non-hydrogen) atoms. The highest BCUT2D eigenvalue weighted by atomic mass is 19.1. The molecule has 3 atom stereocenters. The summed E-state index contributed by atoms with van der Waals surface area (Å²) >= 11 is 0. The van der Waals surface area contributed by atoms with Crippen molar-refractivity contribution in [3.8, 4) is 6.07 Å². The normalized spacial score (nSPS) is 26.5. The van der Waals surface area contributed by atoms with Gasteiger partial charge in [0.15, 0.2) is 0 Å². The summed E-state index contributed by atoms with van der Waals surface area (Å²) in [5.74, 6) is -0.736. The molecule has 138 valence electrons. The highest BCUT2D eigenvalue weighted by Crippen LogP contribution is 2.51. The van der Waals surface area contributed by atoms with Gasteiger partial charge in [-0.25, -0.2) is 9.37 Å². The smallest absolute Gasteiger partial charge is 0.134 e. The summed E-state index contributed by atoms with van der Waals surface area (Å²) in [5, 5.41) is 22.9. The number of hydrogen-bond donors (Lipinski definition) is 1. The Kier molecular flexibility index (Phi) is 3.71. The van der Waals surface area contributed by atoms with Gasteiger partial charge in [0, 0.05) is 18.4 Å². The molecule has 2 aromatic carbocycles. The molecule has 0 saturated carbocycles. The van der Waals surface area contributed by atoms with Crippen LogP contribution < -0.4 is 0 Å². The molecule has 0 radical (unpaired) electrons. The SMILES string of the molecule is N#CC1=CCC(C2CC(O)(c3cccc4ccccc34)c3cncn32)C(F)=C1. The Morgan fingerprint density at radius 2 is 2.04 bits per heavy atom. The molecule has 4 nitrogen and oxygen atoms in total. The molecule has 0 amide bonds. The van der Waals surface area contributed by atoms with Crippen molar-refractivity contribution in [1.29, 1.82) is 5.26 Å². The van der Waals surface area contributed by atoms with Crippen LogP contribution >= 0.6 is 0 Å².